The summed E-state index contributed by atoms with van der Waals surface area (Å²) in [5, 5.41) is 13.9. The lowest BCUT2D eigenvalue weighted by molar-refractivity contribution is -0.385. The van der Waals surface area contributed by atoms with Gasteiger partial charge in [-0.05, 0) is 25.3 Å². The van der Waals surface area contributed by atoms with Crippen molar-refractivity contribution in [3.8, 4) is 11.5 Å². The molecule has 1 fully saturated rings. The van der Waals surface area contributed by atoms with Crippen LogP contribution in [0.25, 0.3) is 0 Å². The summed E-state index contributed by atoms with van der Waals surface area (Å²) in [5.74, 6) is 0.908. The zero-order valence-electron chi connectivity index (χ0n) is 12.0. The Bertz CT molecular complexity index is 555. The predicted octanol–water partition coefficient (Wildman–Crippen LogP) is 1.68. The first-order chi connectivity index (χ1) is 10.1. The quantitative estimate of drug-likeness (QED) is 0.610. The van der Waals surface area contributed by atoms with Crippen LogP contribution in [-0.4, -0.2) is 31.6 Å². The van der Waals surface area contributed by atoms with Gasteiger partial charge in [-0.1, -0.05) is 0 Å². The van der Waals surface area contributed by atoms with Gasteiger partial charge in [0.05, 0.1) is 25.2 Å². The van der Waals surface area contributed by atoms with E-state index in [1.165, 1.54) is 20.3 Å². The highest BCUT2D eigenvalue weighted by atomic mass is 16.6. The van der Waals surface area contributed by atoms with Gasteiger partial charge in [-0.3, -0.25) is 14.9 Å². The van der Waals surface area contributed by atoms with Gasteiger partial charge in [-0.15, -0.1) is 0 Å². The second-order valence-corrected chi connectivity index (χ2v) is 4.91. The average molecular weight is 294 g/mol. The maximum Gasteiger partial charge on any atom is 0.276 e. The molecule has 2 rings (SSSR count). The molecule has 1 aliphatic carbocycles. The number of carbonyl (C=O) groups excluding carboxylic acids is 1. The lowest BCUT2D eigenvalue weighted by atomic mass is 10.1. The Labute approximate surface area is 122 Å². The molecule has 0 bridgehead atoms. The van der Waals surface area contributed by atoms with E-state index in [4.69, 9.17) is 9.47 Å². The van der Waals surface area contributed by atoms with Crippen molar-refractivity contribution in [1.29, 1.82) is 0 Å². The number of nitro benzene ring substituents is 1. The fraction of sp³-hybridized carbons (Fsp3) is 0.500. The lowest BCUT2D eigenvalue weighted by Gasteiger charge is -2.11. The molecule has 0 aromatic heterocycles. The number of methoxy groups -OCH3 is 2. The summed E-state index contributed by atoms with van der Waals surface area (Å²) in [6, 6.07) is 2.93. The zero-order valence-corrected chi connectivity index (χ0v) is 12.0. The fourth-order valence-electron chi connectivity index (χ4n) is 2.09. The Hall–Kier alpha value is -2.31. The van der Waals surface area contributed by atoms with Crippen molar-refractivity contribution in [2.24, 2.45) is 5.92 Å². The van der Waals surface area contributed by atoms with Crippen LogP contribution >= 0.6 is 0 Å². The molecular formula is C14H18N2O5. The van der Waals surface area contributed by atoms with Crippen molar-refractivity contribution in [3.05, 3.63) is 27.8 Å². The number of hydrogen-bond acceptors (Lipinski definition) is 5. The Balaban J connectivity index is 2.11. The molecule has 21 heavy (non-hydrogen) atoms. The molecule has 1 amide bonds. The van der Waals surface area contributed by atoms with Crippen molar-refractivity contribution in [2.45, 2.75) is 19.3 Å². The molecule has 7 heteroatoms. The van der Waals surface area contributed by atoms with Crippen LogP contribution in [0.1, 0.15) is 18.4 Å². The molecule has 1 aromatic rings. The van der Waals surface area contributed by atoms with Crippen LogP contribution < -0.4 is 14.8 Å². The Morgan fingerprint density at radius 3 is 2.48 bits per heavy atom. The molecule has 1 aromatic carbocycles. The maximum absolute atomic E-state index is 11.5. The number of hydrogen-bond donors (Lipinski definition) is 1. The van der Waals surface area contributed by atoms with Gasteiger partial charge < -0.3 is 14.8 Å². The molecule has 1 N–H and O–H groups in total. The van der Waals surface area contributed by atoms with Crippen LogP contribution in [0.15, 0.2) is 12.1 Å². The van der Waals surface area contributed by atoms with Gasteiger partial charge in [-0.2, -0.15) is 0 Å². The summed E-state index contributed by atoms with van der Waals surface area (Å²) >= 11 is 0. The van der Waals surface area contributed by atoms with Crippen LogP contribution in [0, 0.1) is 16.0 Å². The van der Waals surface area contributed by atoms with Gasteiger partial charge in [-0.25, -0.2) is 0 Å². The monoisotopic (exact) mass is 294 g/mol. The maximum atomic E-state index is 11.5. The molecule has 0 spiro atoms. The van der Waals surface area contributed by atoms with Gasteiger partial charge in [0.15, 0.2) is 11.5 Å². The van der Waals surface area contributed by atoms with Crippen molar-refractivity contribution < 1.29 is 19.2 Å². The number of nitro groups is 1. The number of nitrogens with one attached hydrogen (secondary N) is 1. The van der Waals surface area contributed by atoms with Gasteiger partial charge >= 0.3 is 0 Å². The summed E-state index contributed by atoms with van der Waals surface area (Å²) in [5.41, 5.74) is 0.474. The first-order valence-electron chi connectivity index (χ1n) is 6.73. The Morgan fingerprint density at radius 2 is 1.95 bits per heavy atom. The van der Waals surface area contributed by atoms with Crippen LogP contribution in [0.5, 0.6) is 11.5 Å². The molecule has 114 valence electrons. The van der Waals surface area contributed by atoms with E-state index < -0.39 is 4.92 Å². The number of carbonyl (C=O) groups is 1. The minimum atomic E-state index is -0.458. The van der Waals surface area contributed by atoms with Gasteiger partial charge in [0.1, 0.15) is 0 Å². The van der Waals surface area contributed by atoms with Gasteiger partial charge in [0.2, 0.25) is 5.91 Å². The van der Waals surface area contributed by atoms with Crippen LogP contribution in [0.4, 0.5) is 5.69 Å². The highest BCUT2D eigenvalue weighted by Crippen LogP contribution is 2.34. The van der Waals surface area contributed by atoms with E-state index in [0.717, 1.165) is 12.8 Å². The normalized spacial score (nSPS) is 13.6. The number of amides is 1. The third-order valence-corrected chi connectivity index (χ3v) is 3.42. The molecule has 7 nitrogen and oxygen atoms in total. The zero-order chi connectivity index (χ0) is 15.4. The highest BCUT2D eigenvalue weighted by molar-refractivity contribution is 5.80. The smallest absolute Gasteiger partial charge is 0.276 e. The molecule has 0 radical (unpaired) electrons. The number of ether oxygens (including phenoxy) is 2. The molecule has 0 atom stereocenters. The minimum Gasteiger partial charge on any atom is -0.493 e. The molecule has 1 aliphatic rings. The Morgan fingerprint density at radius 1 is 1.33 bits per heavy atom. The van der Waals surface area contributed by atoms with Crippen LogP contribution in [0.2, 0.25) is 0 Å². The molecular weight excluding hydrogens is 276 g/mol. The first-order valence-corrected chi connectivity index (χ1v) is 6.73. The third-order valence-electron chi connectivity index (χ3n) is 3.42. The van der Waals surface area contributed by atoms with E-state index in [0.29, 0.717) is 30.0 Å². The summed E-state index contributed by atoms with van der Waals surface area (Å²) in [6.07, 6.45) is 2.24. The molecule has 0 heterocycles. The second-order valence-electron chi connectivity index (χ2n) is 4.91. The topological polar surface area (TPSA) is 90.7 Å². The van der Waals surface area contributed by atoms with E-state index >= 15 is 0 Å². The van der Waals surface area contributed by atoms with Crippen molar-refractivity contribution in [3.63, 3.8) is 0 Å². The van der Waals surface area contributed by atoms with Crippen LogP contribution in [0.3, 0.4) is 0 Å². The molecule has 1 saturated carbocycles. The number of benzene rings is 1. The van der Waals surface area contributed by atoms with Crippen molar-refractivity contribution in [2.75, 3.05) is 20.8 Å². The number of nitrogens with zero attached hydrogens (tertiary/aromatic N) is 1. The first kappa shape index (κ1) is 15.1. The van der Waals surface area contributed by atoms with E-state index in [9.17, 15) is 14.9 Å². The van der Waals surface area contributed by atoms with Crippen molar-refractivity contribution in [1.82, 2.24) is 5.32 Å². The van der Waals surface area contributed by atoms with E-state index in [2.05, 4.69) is 5.32 Å². The van der Waals surface area contributed by atoms with E-state index in [-0.39, 0.29) is 17.5 Å². The SMILES string of the molecule is COc1cc(CCNC(=O)C2CC2)c([N+](=O)[O-])cc1OC. The predicted molar refractivity (Wildman–Crippen MR) is 75.6 cm³/mol. The second kappa shape index (κ2) is 6.43. The van der Waals surface area contributed by atoms with E-state index in [1.807, 2.05) is 0 Å². The fourth-order valence-corrected chi connectivity index (χ4v) is 2.09. The summed E-state index contributed by atoms with van der Waals surface area (Å²) in [6.45, 7) is 0.367. The average Bonchev–Trinajstić information content (AvgIpc) is 3.30. The summed E-state index contributed by atoms with van der Waals surface area (Å²) < 4.78 is 10.2. The van der Waals surface area contributed by atoms with Crippen molar-refractivity contribution >= 4 is 11.6 Å². The molecule has 0 saturated heterocycles. The minimum absolute atomic E-state index is 0.0260. The largest absolute Gasteiger partial charge is 0.493 e. The summed E-state index contributed by atoms with van der Waals surface area (Å²) in [7, 11) is 2.90. The van der Waals surface area contributed by atoms with Gasteiger partial charge in [0, 0.05) is 18.0 Å². The Kier molecular flexibility index (Phi) is 4.62. The van der Waals surface area contributed by atoms with E-state index in [1.54, 1.807) is 6.07 Å². The van der Waals surface area contributed by atoms with Crippen LogP contribution in [-0.2, 0) is 11.2 Å². The molecule has 0 unspecified atom stereocenters. The third kappa shape index (κ3) is 3.62. The standard InChI is InChI=1S/C14H18N2O5/c1-20-12-7-10(5-6-15-14(17)9-3-4-9)11(16(18)19)8-13(12)21-2/h7-9H,3-6H2,1-2H3,(H,15,17). The summed E-state index contributed by atoms with van der Waals surface area (Å²) in [4.78, 5) is 22.2. The van der Waals surface area contributed by atoms with Gasteiger partial charge in [0.25, 0.3) is 5.69 Å². The number of rotatable bonds is 7. The molecule has 0 aliphatic heterocycles. The highest BCUT2D eigenvalue weighted by Gasteiger charge is 2.29. The lowest BCUT2D eigenvalue weighted by Crippen LogP contribution is -2.27.